The second-order valence-corrected chi connectivity index (χ2v) is 6.29. The van der Waals surface area contributed by atoms with E-state index >= 15 is 0 Å². The molecule has 21 heavy (non-hydrogen) atoms. The number of hydrogen-bond donors (Lipinski definition) is 1. The Hall–Kier alpha value is -1.90. The highest BCUT2D eigenvalue weighted by Crippen LogP contribution is 2.27. The number of nitro benzene ring substituents is 1. The Balaban J connectivity index is 2.41. The molecule has 1 aromatic heterocycles. The van der Waals surface area contributed by atoms with E-state index in [1.165, 1.54) is 18.3 Å². The molecule has 1 N–H and O–H groups in total. The third kappa shape index (κ3) is 3.60. The molecular weight excluding hydrogens is 341 g/mol. The van der Waals surface area contributed by atoms with Crippen LogP contribution in [0.15, 0.2) is 41.4 Å². The Morgan fingerprint density at radius 1 is 1.19 bits per heavy atom. The zero-order chi connectivity index (χ0) is 15.6. The first-order valence-corrected chi connectivity index (χ1v) is 7.62. The van der Waals surface area contributed by atoms with Gasteiger partial charge in [-0.25, -0.2) is 13.4 Å². The van der Waals surface area contributed by atoms with Crippen LogP contribution in [0.3, 0.4) is 0 Å². The lowest BCUT2D eigenvalue weighted by Crippen LogP contribution is -2.14. The van der Waals surface area contributed by atoms with Crippen molar-refractivity contribution < 1.29 is 13.3 Å². The van der Waals surface area contributed by atoms with Gasteiger partial charge in [0.05, 0.1) is 21.8 Å². The van der Waals surface area contributed by atoms with Gasteiger partial charge in [0.25, 0.3) is 15.7 Å². The van der Waals surface area contributed by atoms with Gasteiger partial charge in [0.1, 0.15) is 10.0 Å². The van der Waals surface area contributed by atoms with E-state index in [1.54, 1.807) is 0 Å². The summed E-state index contributed by atoms with van der Waals surface area (Å²) in [4.78, 5) is 13.3. The number of rotatable bonds is 4. The molecule has 0 unspecified atom stereocenters. The van der Waals surface area contributed by atoms with E-state index in [-0.39, 0.29) is 21.6 Å². The quantitative estimate of drug-likeness (QED) is 0.520. The van der Waals surface area contributed by atoms with E-state index < -0.39 is 19.8 Å². The van der Waals surface area contributed by atoms with E-state index in [1.807, 2.05) is 0 Å². The first-order chi connectivity index (χ1) is 9.79. The van der Waals surface area contributed by atoms with E-state index in [0.29, 0.717) is 0 Å². The average Bonchev–Trinajstić information content (AvgIpc) is 2.41. The number of nitrogens with one attached hydrogen (secondary N) is 1. The third-order valence-electron chi connectivity index (χ3n) is 2.39. The number of benzene rings is 1. The zero-order valence-electron chi connectivity index (χ0n) is 10.2. The van der Waals surface area contributed by atoms with Crippen molar-refractivity contribution in [2.24, 2.45) is 0 Å². The fourth-order valence-electron chi connectivity index (χ4n) is 1.46. The summed E-state index contributed by atoms with van der Waals surface area (Å²) in [5.41, 5.74) is -0.226. The van der Waals surface area contributed by atoms with Crippen molar-refractivity contribution in [3.63, 3.8) is 0 Å². The van der Waals surface area contributed by atoms with Crippen LogP contribution in [-0.4, -0.2) is 18.3 Å². The minimum absolute atomic E-state index is 0.130. The summed E-state index contributed by atoms with van der Waals surface area (Å²) in [5.74, 6) is 0. The van der Waals surface area contributed by atoms with Crippen LogP contribution in [0.4, 0.5) is 11.4 Å². The highest BCUT2D eigenvalue weighted by molar-refractivity contribution is 7.92. The first-order valence-electron chi connectivity index (χ1n) is 5.38. The van der Waals surface area contributed by atoms with Crippen LogP contribution < -0.4 is 4.72 Å². The maximum absolute atomic E-state index is 12.2. The van der Waals surface area contributed by atoms with Crippen LogP contribution in [0.2, 0.25) is 10.2 Å². The highest BCUT2D eigenvalue weighted by atomic mass is 35.5. The molecule has 2 rings (SSSR count). The van der Waals surface area contributed by atoms with Gasteiger partial charge in [-0.15, -0.1) is 0 Å². The fourth-order valence-corrected chi connectivity index (χ4v) is 3.13. The predicted molar refractivity (Wildman–Crippen MR) is 78.2 cm³/mol. The molecule has 0 saturated heterocycles. The summed E-state index contributed by atoms with van der Waals surface area (Å²) in [6.45, 7) is 0. The van der Waals surface area contributed by atoms with Gasteiger partial charge < -0.3 is 0 Å². The molecule has 0 atom stereocenters. The van der Waals surface area contributed by atoms with Gasteiger partial charge in [0.15, 0.2) is 0 Å². The average molecular weight is 348 g/mol. The Morgan fingerprint density at radius 3 is 2.48 bits per heavy atom. The van der Waals surface area contributed by atoms with Gasteiger partial charge in [-0.3, -0.25) is 14.8 Å². The van der Waals surface area contributed by atoms with Crippen molar-refractivity contribution in [2.45, 2.75) is 4.90 Å². The summed E-state index contributed by atoms with van der Waals surface area (Å²) in [7, 11) is -4.08. The van der Waals surface area contributed by atoms with Crippen LogP contribution in [0.5, 0.6) is 0 Å². The molecule has 7 nitrogen and oxygen atoms in total. The van der Waals surface area contributed by atoms with Crippen molar-refractivity contribution in [1.29, 1.82) is 0 Å². The SMILES string of the molecule is O=[N+]([O-])c1ccc(Cl)c(S(=O)(=O)Nc2ccc(Cl)nc2)c1. The smallest absolute Gasteiger partial charge is 0.270 e. The first kappa shape index (κ1) is 15.5. The topological polar surface area (TPSA) is 102 Å². The van der Waals surface area contributed by atoms with Crippen molar-refractivity contribution in [1.82, 2.24) is 4.98 Å². The highest BCUT2D eigenvalue weighted by Gasteiger charge is 2.21. The molecule has 0 radical (unpaired) electrons. The molecule has 1 aromatic carbocycles. The summed E-state index contributed by atoms with van der Waals surface area (Å²) in [6.07, 6.45) is 1.21. The van der Waals surface area contributed by atoms with Crippen molar-refractivity contribution in [2.75, 3.05) is 4.72 Å². The number of nitro groups is 1. The van der Waals surface area contributed by atoms with Crippen LogP contribution in [-0.2, 0) is 10.0 Å². The Labute approximate surface area is 129 Å². The summed E-state index contributed by atoms with van der Waals surface area (Å²) in [5, 5.41) is 10.8. The Morgan fingerprint density at radius 2 is 1.90 bits per heavy atom. The van der Waals surface area contributed by atoms with E-state index in [4.69, 9.17) is 23.2 Å². The number of pyridine rings is 1. The minimum Gasteiger partial charge on any atom is -0.278 e. The van der Waals surface area contributed by atoms with Gasteiger partial charge in [-0.2, -0.15) is 0 Å². The standard InChI is InChI=1S/C11H7Cl2N3O4S/c12-9-3-2-8(16(17)18)5-10(9)21(19,20)15-7-1-4-11(13)14-6-7/h1-6,15H. The second kappa shape index (κ2) is 5.84. The van der Waals surface area contributed by atoms with Gasteiger partial charge in [0.2, 0.25) is 0 Å². The fraction of sp³-hybridized carbons (Fsp3) is 0. The molecule has 0 aliphatic carbocycles. The molecule has 0 fully saturated rings. The van der Waals surface area contributed by atoms with E-state index in [2.05, 4.69) is 9.71 Å². The molecule has 0 aliphatic rings. The van der Waals surface area contributed by atoms with Crippen LogP contribution in [0.25, 0.3) is 0 Å². The molecule has 0 spiro atoms. The number of anilines is 1. The van der Waals surface area contributed by atoms with Crippen molar-refractivity contribution in [3.05, 3.63) is 56.8 Å². The predicted octanol–water partition coefficient (Wildman–Crippen LogP) is 3.10. The van der Waals surface area contributed by atoms with Crippen molar-refractivity contribution in [3.8, 4) is 0 Å². The van der Waals surface area contributed by atoms with Crippen LogP contribution >= 0.6 is 23.2 Å². The van der Waals surface area contributed by atoms with Gasteiger partial charge in [0, 0.05) is 12.1 Å². The van der Waals surface area contributed by atoms with Gasteiger partial charge >= 0.3 is 0 Å². The third-order valence-corrected chi connectivity index (χ3v) is 4.48. The largest absolute Gasteiger partial charge is 0.278 e. The molecule has 1 heterocycles. The number of nitrogens with zero attached hydrogens (tertiary/aromatic N) is 2. The van der Waals surface area contributed by atoms with Crippen molar-refractivity contribution >= 4 is 44.6 Å². The summed E-state index contributed by atoms with van der Waals surface area (Å²) >= 11 is 11.4. The van der Waals surface area contributed by atoms with Gasteiger partial charge in [-0.1, -0.05) is 23.2 Å². The molecule has 0 bridgehead atoms. The zero-order valence-corrected chi connectivity index (χ0v) is 12.5. The maximum atomic E-state index is 12.2. The molecule has 110 valence electrons. The Bertz CT molecular complexity index is 794. The molecule has 10 heteroatoms. The lowest BCUT2D eigenvalue weighted by Gasteiger charge is -2.09. The van der Waals surface area contributed by atoms with Gasteiger partial charge in [-0.05, 0) is 18.2 Å². The maximum Gasteiger partial charge on any atom is 0.270 e. The summed E-state index contributed by atoms with van der Waals surface area (Å²) < 4.78 is 26.6. The Kier molecular flexibility index (Phi) is 4.31. The van der Waals surface area contributed by atoms with E-state index in [0.717, 1.165) is 18.2 Å². The second-order valence-electron chi connectivity index (χ2n) is 3.85. The number of halogens is 2. The molecule has 2 aromatic rings. The number of sulfonamides is 1. The lowest BCUT2D eigenvalue weighted by molar-refractivity contribution is -0.385. The number of hydrogen-bond acceptors (Lipinski definition) is 5. The number of aromatic nitrogens is 1. The van der Waals surface area contributed by atoms with Crippen LogP contribution in [0.1, 0.15) is 0 Å². The minimum atomic E-state index is -4.08. The summed E-state index contributed by atoms with van der Waals surface area (Å²) in [6, 6.07) is 5.94. The molecule has 0 saturated carbocycles. The van der Waals surface area contributed by atoms with E-state index in [9.17, 15) is 18.5 Å². The number of non-ortho nitro benzene ring substituents is 1. The molecule has 0 aliphatic heterocycles. The molecule has 0 amide bonds. The lowest BCUT2D eigenvalue weighted by atomic mass is 10.3. The monoisotopic (exact) mass is 347 g/mol. The van der Waals surface area contributed by atoms with Crippen LogP contribution in [0, 0.1) is 10.1 Å². The molecular formula is C11H7Cl2N3O4S. The normalized spacial score (nSPS) is 11.1.